The Morgan fingerprint density at radius 2 is 2.05 bits per heavy atom. The zero-order chi connectivity index (χ0) is 16.0. The first kappa shape index (κ1) is 16.5. The number of hydrogen-bond acceptors (Lipinski definition) is 5. The van der Waals surface area contributed by atoms with Crippen LogP contribution in [0.25, 0.3) is 0 Å². The number of rotatable bonds is 6. The highest BCUT2D eigenvalue weighted by Gasteiger charge is 2.43. The number of nitrogens with zero attached hydrogens (tertiary/aromatic N) is 1. The van der Waals surface area contributed by atoms with Crippen LogP contribution in [0.2, 0.25) is 0 Å². The van der Waals surface area contributed by atoms with Gasteiger partial charge in [0.05, 0.1) is 18.6 Å². The van der Waals surface area contributed by atoms with Gasteiger partial charge < -0.3 is 10.1 Å². The molecule has 1 atom stereocenters. The zero-order valence-corrected chi connectivity index (χ0v) is 12.7. The van der Waals surface area contributed by atoms with Crippen molar-refractivity contribution in [2.24, 2.45) is 11.3 Å². The van der Waals surface area contributed by atoms with E-state index in [1.54, 1.807) is 0 Å². The smallest absolute Gasteiger partial charge is 0.326 e. The molecular formula is C16H22N2O4. The average Bonchev–Trinajstić information content (AvgIpc) is 3.02. The lowest BCUT2D eigenvalue weighted by atomic mass is 9.88. The standard InChI is InChI=1S/C16H22N2O4/c17-11-16(7-1-2-8-16)15(21)22-10-4-6-13(19)12-5-3-9-18-14(12)20/h12H,1-10H2,(H,18,20)/t12-/m0/s1. The molecule has 0 aromatic carbocycles. The highest BCUT2D eigenvalue weighted by atomic mass is 16.5. The van der Waals surface area contributed by atoms with Crippen molar-refractivity contribution in [2.45, 2.75) is 51.4 Å². The van der Waals surface area contributed by atoms with Crippen LogP contribution in [0.3, 0.4) is 0 Å². The van der Waals surface area contributed by atoms with Gasteiger partial charge in [0, 0.05) is 13.0 Å². The van der Waals surface area contributed by atoms with Crippen LogP contribution in [0.1, 0.15) is 51.4 Å². The third-order valence-electron chi connectivity index (χ3n) is 4.54. The predicted octanol–water partition coefficient (Wildman–Crippen LogP) is 1.49. The highest BCUT2D eigenvalue weighted by Crippen LogP contribution is 2.38. The number of ketones is 1. The summed E-state index contributed by atoms with van der Waals surface area (Å²) >= 11 is 0. The van der Waals surface area contributed by atoms with Crippen LogP contribution >= 0.6 is 0 Å². The minimum Gasteiger partial charge on any atom is -0.464 e. The van der Waals surface area contributed by atoms with Crippen molar-refractivity contribution in [1.82, 2.24) is 5.32 Å². The highest BCUT2D eigenvalue weighted by molar-refractivity contribution is 6.01. The zero-order valence-electron chi connectivity index (χ0n) is 12.7. The van der Waals surface area contributed by atoms with Crippen LogP contribution in [0.15, 0.2) is 0 Å². The average molecular weight is 306 g/mol. The second-order valence-corrected chi connectivity index (χ2v) is 6.09. The second-order valence-electron chi connectivity index (χ2n) is 6.09. The molecule has 1 aliphatic carbocycles. The number of hydrogen-bond donors (Lipinski definition) is 1. The first-order valence-corrected chi connectivity index (χ1v) is 7.98. The van der Waals surface area contributed by atoms with Crippen molar-refractivity contribution in [3.05, 3.63) is 0 Å². The van der Waals surface area contributed by atoms with E-state index < -0.39 is 17.3 Å². The molecule has 0 unspecified atom stereocenters. The van der Waals surface area contributed by atoms with Crippen LogP contribution in [0, 0.1) is 22.7 Å². The summed E-state index contributed by atoms with van der Waals surface area (Å²) in [6.07, 6.45) is 4.91. The molecule has 1 saturated carbocycles. The summed E-state index contributed by atoms with van der Waals surface area (Å²) in [5.41, 5.74) is -0.979. The van der Waals surface area contributed by atoms with Crippen LogP contribution < -0.4 is 5.32 Å². The molecule has 0 aromatic rings. The minimum atomic E-state index is -0.979. The summed E-state index contributed by atoms with van der Waals surface area (Å²) in [7, 11) is 0. The Morgan fingerprint density at radius 3 is 2.68 bits per heavy atom. The number of amides is 1. The number of ether oxygens (including phenoxy) is 1. The number of Topliss-reactive ketones (excluding diaryl/α,β-unsaturated/α-hetero) is 1. The van der Waals surface area contributed by atoms with Crippen molar-refractivity contribution in [2.75, 3.05) is 13.2 Å². The minimum absolute atomic E-state index is 0.0934. The van der Waals surface area contributed by atoms with E-state index >= 15 is 0 Å². The van der Waals surface area contributed by atoms with Gasteiger partial charge in [0.2, 0.25) is 5.91 Å². The summed E-state index contributed by atoms with van der Waals surface area (Å²) in [4.78, 5) is 35.6. The predicted molar refractivity (Wildman–Crippen MR) is 77.4 cm³/mol. The van der Waals surface area contributed by atoms with Gasteiger partial charge in [-0.3, -0.25) is 14.4 Å². The fourth-order valence-corrected chi connectivity index (χ4v) is 3.14. The Hall–Kier alpha value is -1.90. The van der Waals surface area contributed by atoms with Gasteiger partial charge in [-0.2, -0.15) is 5.26 Å². The third-order valence-corrected chi connectivity index (χ3v) is 4.54. The molecule has 1 amide bonds. The maximum atomic E-state index is 12.0. The van der Waals surface area contributed by atoms with Crippen LogP contribution in [-0.4, -0.2) is 30.8 Å². The Bertz CT molecular complexity index is 489. The number of nitrogens with one attached hydrogen (secondary N) is 1. The fourth-order valence-electron chi connectivity index (χ4n) is 3.14. The molecule has 1 heterocycles. The van der Waals surface area contributed by atoms with Gasteiger partial charge in [0.25, 0.3) is 0 Å². The third kappa shape index (κ3) is 3.65. The van der Waals surface area contributed by atoms with Crippen molar-refractivity contribution < 1.29 is 19.1 Å². The van der Waals surface area contributed by atoms with E-state index in [1.165, 1.54) is 0 Å². The second kappa shape index (κ2) is 7.39. The maximum absolute atomic E-state index is 12.0. The van der Waals surface area contributed by atoms with Crippen molar-refractivity contribution >= 4 is 17.7 Å². The van der Waals surface area contributed by atoms with E-state index in [0.717, 1.165) is 19.3 Å². The molecule has 120 valence electrons. The quantitative estimate of drug-likeness (QED) is 0.455. The van der Waals surface area contributed by atoms with Gasteiger partial charge in [0.15, 0.2) is 5.41 Å². The molecule has 0 bridgehead atoms. The summed E-state index contributed by atoms with van der Waals surface area (Å²) in [6.45, 7) is 0.763. The van der Waals surface area contributed by atoms with Gasteiger partial charge in [-0.25, -0.2) is 0 Å². The molecular weight excluding hydrogens is 284 g/mol. The lowest BCUT2D eigenvalue weighted by Crippen LogP contribution is -2.40. The Balaban J connectivity index is 1.70. The van der Waals surface area contributed by atoms with Crippen LogP contribution in [0.5, 0.6) is 0 Å². The number of piperidine rings is 1. The molecule has 2 fully saturated rings. The summed E-state index contributed by atoms with van der Waals surface area (Å²) in [5, 5.41) is 11.9. The maximum Gasteiger partial charge on any atom is 0.326 e. The van der Waals surface area contributed by atoms with Crippen molar-refractivity contribution in [3.8, 4) is 6.07 Å². The molecule has 6 nitrogen and oxygen atoms in total. The largest absolute Gasteiger partial charge is 0.464 e. The molecule has 0 radical (unpaired) electrons. The monoisotopic (exact) mass is 306 g/mol. The van der Waals surface area contributed by atoms with E-state index in [1.807, 2.05) is 0 Å². The van der Waals surface area contributed by atoms with Gasteiger partial charge in [-0.05, 0) is 32.1 Å². The lowest BCUT2D eigenvalue weighted by Gasteiger charge is -2.21. The Kier molecular flexibility index (Phi) is 5.53. The lowest BCUT2D eigenvalue weighted by molar-refractivity contribution is -0.152. The molecule has 2 rings (SSSR count). The first-order valence-electron chi connectivity index (χ1n) is 7.98. The van der Waals surface area contributed by atoms with Crippen LogP contribution in [0.4, 0.5) is 0 Å². The topological polar surface area (TPSA) is 96.3 Å². The molecule has 22 heavy (non-hydrogen) atoms. The Labute approximate surface area is 130 Å². The SMILES string of the molecule is N#CC1(C(=O)OCCCC(=O)[C@@H]2CCCNC2=O)CCCC1. The van der Waals surface area contributed by atoms with Crippen molar-refractivity contribution in [1.29, 1.82) is 5.26 Å². The van der Waals surface area contributed by atoms with Gasteiger partial charge in [-0.15, -0.1) is 0 Å². The molecule has 0 spiro atoms. The van der Waals surface area contributed by atoms with Crippen molar-refractivity contribution in [3.63, 3.8) is 0 Å². The number of esters is 1. The Morgan fingerprint density at radius 1 is 1.32 bits per heavy atom. The summed E-state index contributed by atoms with van der Waals surface area (Å²) < 4.78 is 5.17. The van der Waals surface area contributed by atoms with E-state index in [9.17, 15) is 19.6 Å². The first-order chi connectivity index (χ1) is 10.6. The number of carbonyl (C=O) groups is 3. The molecule has 1 N–H and O–H groups in total. The normalized spacial score (nSPS) is 23.4. The molecule has 0 aromatic heterocycles. The molecule has 1 saturated heterocycles. The molecule has 6 heteroatoms. The number of nitriles is 1. The summed E-state index contributed by atoms with van der Waals surface area (Å²) in [6, 6.07) is 2.09. The van der Waals surface area contributed by atoms with E-state index in [4.69, 9.17) is 4.74 Å². The summed E-state index contributed by atoms with van der Waals surface area (Å²) in [5.74, 6) is -1.30. The van der Waals surface area contributed by atoms with E-state index in [-0.39, 0.29) is 24.7 Å². The fraction of sp³-hybridized carbons (Fsp3) is 0.750. The van der Waals surface area contributed by atoms with Crippen LogP contribution in [-0.2, 0) is 19.1 Å². The molecule has 1 aliphatic heterocycles. The van der Waals surface area contributed by atoms with E-state index in [0.29, 0.717) is 32.2 Å². The number of carbonyl (C=O) groups excluding carboxylic acids is 3. The van der Waals surface area contributed by atoms with Gasteiger partial charge in [-0.1, -0.05) is 12.8 Å². The van der Waals surface area contributed by atoms with Gasteiger partial charge in [0.1, 0.15) is 5.78 Å². The van der Waals surface area contributed by atoms with E-state index in [2.05, 4.69) is 11.4 Å². The van der Waals surface area contributed by atoms with Gasteiger partial charge >= 0.3 is 5.97 Å². The molecule has 2 aliphatic rings.